The summed E-state index contributed by atoms with van der Waals surface area (Å²) in [6.07, 6.45) is 0.0210. The van der Waals surface area contributed by atoms with Crippen LogP contribution < -0.4 is 9.47 Å². The fourth-order valence-corrected chi connectivity index (χ4v) is 2.13. The summed E-state index contributed by atoms with van der Waals surface area (Å²) < 4.78 is 11.2. The fourth-order valence-electron chi connectivity index (χ4n) is 2.13. The van der Waals surface area contributed by atoms with E-state index < -0.39 is 5.97 Å². The molecule has 0 heterocycles. The van der Waals surface area contributed by atoms with Crippen molar-refractivity contribution >= 4 is 16.7 Å². The molecule has 4 heteroatoms. The van der Waals surface area contributed by atoms with E-state index in [1.165, 1.54) is 0 Å². The van der Waals surface area contributed by atoms with Gasteiger partial charge < -0.3 is 14.6 Å². The third-order valence-corrected chi connectivity index (χ3v) is 2.92. The second-order valence-electron chi connectivity index (χ2n) is 4.42. The van der Waals surface area contributed by atoms with Crippen molar-refractivity contribution in [2.45, 2.75) is 20.3 Å². The first kappa shape index (κ1) is 14.2. The predicted molar refractivity (Wildman–Crippen MR) is 77.6 cm³/mol. The number of ether oxygens (including phenoxy) is 2. The number of hydrogen-bond donors (Lipinski definition) is 1. The number of carboxylic acids is 1. The van der Waals surface area contributed by atoms with Crippen LogP contribution in [0.1, 0.15) is 19.4 Å². The average Bonchev–Trinajstić information content (AvgIpc) is 2.39. The molecule has 0 aliphatic carbocycles. The van der Waals surface area contributed by atoms with Gasteiger partial charge in [0.2, 0.25) is 0 Å². The molecule has 20 heavy (non-hydrogen) atoms. The molecule has 0 aliphatic rings. The van der Waals surface area contributed by atoms with Gasteiger partial charge in [-0.3, -0.25) is 4.79 Å². The van der Waals surface area contributed by atoms with Gasteiger partial charge in [-0.05, 0) is 42.3 Å². The quantitative estimate of drug-likeness (QED) is 0.878. The summed E-state index contributed by atoms with van der Waals surface area (Å²) in [6, 6.07) is 9.43. The SMILES string of the molecule is CCOc1cc2ccc(CC(=O)O)cc2cc1OCC. The van der Waals surface area contributed by atoms with Gasteiger partial charge in [-0.2, -0.15) is 0 Å². The molecule has 0 fully saturated rings. The number of aliphatic carboxylic acids is 1. The van der Waals surface area contributed by atoms with E-state index in [1.54, 1.807) is 0 Å². The molecule has 2 rings (SSSR count). The summed E-state index contributed by atoms with van der Waals surface area (Å²) in [5, 5.41) is 10.8. The molecule has 0 saturated heterocycles. The molecule has 2 aromatic rings. The van der Waals surface area contributed by atoms with Gasteiger partial charge in [-0.1, -0.05) is 18.2 Å². The molecule has 2 aromatic carbocycles. The maximum atomic E-state index is 10.8. The monoisotopic (exact) mass is 274 g/mol. The van der Waals surface area contributed by atoms with E-state index in [-0.39, 0.29) is 6.42 Å². The Morgan fingerprint density at radius 2 is 1.60 bits per heavy atom. The number of fused-ring (bicyclic) bond motifs is 1. The summed E-state index contributed by atoms with van der Waals surface area (Å²) in [4.78, 5) is 10.8. The number of carboxylic acid groups (broad SMARTS) is 1. The fraction of sp³-hybridized carbons (Fsp3) is 0.312. The van der Waals surface area contributed by atoms with Gasteiger partial charge in [0.1, 0.15) is 0 Å². The Kier molecular flexibility index (Phi) is 4.45. The molecule has 1 N–H and O–H groups in total. The number of benzene rings is 2. The molecule has 0 spiro atoms. The van der Waals surface area contributed by atoms with Crippen LogP contribution in [-0.2, 0) is 11.2 Å². The van der Waals surface area contributed by atoms with Crippen LogP contribution >= 0.6 is 0 Å². The Morgan fingerprint density at radius 3 is 2.15 bits per heavy atom. The first-order valence-electron chi connectivity index (χ1n) is 6.68. The normalized spacial score (nSPS) is 10.5. The van der Waals surface area contributed by atoms with E-state index in [2.05, 4.69) is 0 Å². The maximum Gasteiger partial charge on any atom is 0.307 e. The third kappa shape index (κ3) is 3.20. The zero-order chi connectivity index (χ0) is 14.5. The first-order chi connectivity index (χ1) is 9.63. The van der Waals surface area contributed by atoms with Crippen LogP contribution in [0.5, 0.6) is 11.5 Å². The molecule has 0 unspecified atom stereocenters. The summed E-state index contributed by atoms with van der Waals surface area (Å²) in [7, 11) is 0. The van der Waals surface area contributed by atoms with Gasteiger partial charge >= 0.3 is 5.97 Å². The molecule has 0 atom stereocenters. The summed E-state index contributed by atoms with van der Waals surface area (Å²) >= 11 is 0. The summed E-state index contributed by atoms with van der Waals surface area (Å²) in [5.41, 5.74) is 0.775. The molecule has 106 valence electrons. The Morgan fingerprint density at radius 1 is 1.00 bits per heavy atom. The topological polar surface area (TPSA) is 55.8 Å². The van der Waals surface area contributed by atoms with Gasteiger partial charge in [0, 0.05) is 0 Å². The second kappa shape index (κ2) is 6.28. The van der Waals surface area contributed by atoms with E-state index in [4.69, 9.17) is 14.6 Å². The Balaban J connectivity index is 2.46. The lowest BCUT2D eigenvalue weighted by atomic mass is 10.0. The smallest absolute Gasteiger partial charge is 0.307 e. The molecule has 4 nitrogen and oxygen atoms in total. The van der Waals surface area contributed by atoms with Gasteiger partial charge in [0.15, 0.2) is 11.5 Å². The van der Waals surface area contributed by atoms with Crippen LogP contribution in [-0.4, -0.2) is 24.3 Å². The Labute approximate surface area is 117 Å². The minimum atomic E-state index is -0.833. The Hall–Kier alpha value is -2.23. The van der Waals surface area contributed by atoms with Gasteiger partial charge in [-0.25, -0.2) is 0 Å². The van der Waals surface area contributed by atoms with E-state index in [1.807, 2.05) is 44.2 Å². The molecular weight excluding hydrogens is 256 g/mol. The highest BCUT2D eigenvalue weighted by Crippen LogP contribution is 2.33. The Bertz CT molecular complexity index is 619. The van der Waals surface area contributed by atoms with E-state index in [9.17, 15) is 4.79 Å². The minimum Gasteiger partial charge on any atom is -0.490 e. The van der Waals surface area contributed by atoms with Gasteiger partial charge in [0.05, 0.1) is 19.6 Å². The third-order valence-electron chi connectivity index (χ3n) is 2.92. The van der Waals surface area contributed by atoms with Crippen molar-refractivity contribution in [2.24, 2.45) is 0 Å². The van der Waals surface area contributed by atoms with Crippen molar-refractivity contribution in [3.8, 4) is 11.5 Å². The van der Waals surface area contributed by atoms with Crippen molar-refractivity contribution in [3.63, 3.8) is 0 Å². The summed E-state index contributed by atoms with van der Waals surface area (Å²) in [5.74, 6) is 0.572. The zero-order valence-electron chi connectivity index (χ0n) is 11.7. The highest BCUT2D eigenvalue weighted by atomic mass is 16.5. The minimum absolute atomic E-state index is 0.0210. The van der Waals surface area contributed by atoms with Crippen LogP contribution in [0, 0.1) is 0 Å². The zero-order valence-corrected chi connectivity index (χ0v) is 11.7. The largest absolute Gasteiger partial charge is 0.490 e. The molecular formula is C16H18O4. The average molecular weight is 274 g/mol. The highest BCUT2D eigenvalue weighted by Gasteiger charge is 2.08. The number of hydrogen-bond acceptors (Lipinski definition) is 3. The van der Waals surface area contributed by atoms with Crippen LogP contribution in [0.3, 0.4) is 0 Å². The standard InChI is InChI=1S/C16H18O4/c1-3-19-14-9-12-6-5-11(8-16(17)18)7-13(12)10-15(14)20-4-2/h5-7,9-10H,3-4,8H2,1-2H3,(H,17,18). The van der Waals surface area contributed by atoms with Crippen molar-refractivity contribution in [1.29, 1.82) is 0 Å². The van der Waals surface area contributed by atoms with Crippen molar-refractivity contribution < 1.29 is 19.4 Å². The van der Waals surface area contributed by atoms with Gasteiger partial charge in [-0.15, -0.1) is 0 Å². The van der Waals surface area contributed by atoms with E-state index in [0.29, 0.717) is 24.7 Å². The van der Waals surface area contributed by atoms with Crippen molar-refractivity contribution in [2.75, 3.05) is 13.2 Å². The van der Waals surface area contributed by atoms with Crippen molar-refractivity contribution in [1.82, 2.24) is 0 Å². The predicted octanol–water partition coefficient (Wildman–Crippen LogP) is 3.26. The van der Waals surface area contributed by atoms with Crippen LogP contribution in [0.15, 0.2) is 30.3 Å². The molecule has 0 radical (unpaired) electrons. The van der Waals surface area contributed by atoms with E-state index >= 15 is 0 Å². The first-order valence-corrected chi connectivity index (χ1v) is 6.68. The number of carbonyl (C=O) groups is 1. The molecule has 0 aromatic heterocycles. The maximum absolute atomic E-state index is 10.8. The highest BCUT2D eigenvalue weighted by molar-refractivity contribution is 5.87. The lowest BCUT2D eigenvalue weighted by Gasteiger charge is -2.12. The molecule has 0 bridgehead atoms. The lowest BCUT2D eigenvalue weighted by Crippen LogP contribution is -2.00. The lowest BCUT2D eigenvalue weighted by molar-refractivity contribution is -0.136. The van der Waals surface area contributed by atoms with Crippen molar-refractivity contribution in [3.05, 3.63) is 35.9 Å². The second-order valence-corrected chi connectivity index (χ2v) is 4.42. The van der Waals surface area contributed by atoms with E-state index in [0.717, 1.165) is 16.3 Å². The van der Waals surface area contributed by atoms with Gasteiger partial charge in [0.25, 0.3) is 0 Å². The van der Waals surface area contributed by atoms with Crippen LogP contribution in [0.2, 0.25) is 0 Å². The number of rotatable bonds is 6. The van der Waals surface area contributed by atoms with Crippen LogP contribution in [0.25, 0.3) is 10.8 Å². The molecule has 0 saturated carbocycles. The molecule has 0 aliphatic heterocycles. The van der Waals surface area contributed by atoms with Crippen LogP contribution in [0.4, 0.5) is 0 Å². The summed E-state index contributed by atoms with van der Waals surface area (Å²) in [6.45, 7) is 4.97. The molecule has 0 amide bonds.